The van der Waals surface area contributed by atoms with Crippen LogP contribution >= 0.6 is 0 Å². The summed E-state index contributed by atoms with van der Waals surface area (Å²) in [5.74, 6) is 0.576. The number of aliphatic hydroxyl groups is 1. The van der Waals surface area contributed by atoms with Gasteiger partial charge in [-0.25, -0.2) is 0 Å². The van der Waals surface area contributed by atoms with E-state index in [1.165, 1.54) is 0 Å². The normalized spacial score (nSPS) is 12.7. The van der Waals surface area contributed by atoms with E-state index < -0.39 is 0 Å². The van der Waals surface area contributed by atoms with E-state index in [0.29, 0.717) is 18.0 Å². The Bertz CT molecular complexity index is 312. The third-order valence-electron chi connectivity index (χ3n) is 2.68. The summed E-state index contributed by atoms with van der Waals surface area (Å²) >= 11 is 0. The van der Waals surface area contributed by atoms with E-state index >= 15 is 0 Å². The number of hydrogen-bond acceptors (Lipinski definition) is 3. The summed E-state index contributed by atoms with van der Waals surface area (Å²) in [5, 5.41) is 18.4. The van der Waals surface area contributed by atoms with Crippen LogP contribution in [0.2, 0.25) is 0 Å². The van der Waals surface area contributed by atoms with Crippen LogP contribution in [0.25, 0.3) is 0 Å². The van der Waals surface area contributed by atoms with Gasteiger partial charge in [-0.3, -0.25) is 0 Å². The Kier molecular flexibility index (Phi) is 4.59. The molecule has 1 atom stereocenters. The van der Waals surface area contributed by atoms with Crippen LogP contribution in [0, 0.1) is 0 Å². The molecule has 0 saturated heterocycles. The Morgan fingerprint density at radius 1 is 1.40 bits per heavy atom. The first kappa shape index (κ1) is 12.0. The minimum atomic E-state index is -0.122. The lowest BCUT2D eigenvalue weighted by atomic mass is 9.94. The van der Waals surface area contributed by atoms with Crippen molar-refractivity contribution >= 4 is 0 Å². The minimum absolute atomic E-state index is 0.122. The molecule has 15 heavy (non-hydrogen) atoms. The third kappa shape index (κ3) is 3.22. The van der Waals surface area contributed by atoms with Gasteiger partial charge in [-0.1, -0.05) is 13.0 Å². The number of hydrogen-bond donors (Lipinski definition) is 3. The second-order valence-corrected chi connectivity index (χ2v) is 3.88. The smallest absolute Gasteiger partial charge is 0.121 e. The van der Waals surface area contributed by atoms with Crippen LogP contribution in [0.1, 0.15) is 36.8 Å². The average Bonchev–Trinajstić information content (AvgIpc) is 2.26. The lowest BCUT2D eigenvalue weighted by Crippen LogP contribution is -2.02. The molecule has 0 amide bonds. The van der Waals surface area contributed by atoms with Gasteiger partial charge < -0.3 is 15.9 Å². The second-order valence-electron chi connectivity index (χ2n) is 3.88. The minimum Gasteiger partial charge on any atom is -0.508 e. The first-order chi connectivity index (χ1) is 7.19. The Morgan fingerprint density at radius 3 is 2.73 bits per heavy atom. The Hall–Kier alpha value is -1.06. The number of aromatic hydroxyl groups is 1. The molecule has 0 aliphatic heterocycles. The topological polar surface area (TPSA) is 66.5 Å². The van der Waals surface area contributed by atoms with E-state index in [0.717, 1.165) is 18.4 Å². The molecule has 84 valence electrons. The highest BCUT2D eigenvalue weighted by Crippen LogP contribution is 2.25. The van der Waals surface area contributed by atoms with Crippen LogP contribution in [0.15, 0.2) is 18.2 Å². The molecule has 0 spiro atoms. The lowest BCUT2D eigenvalue weighted by Gasteiger charge is -2.12. The van der Waals surface area contributed by atoms with Crippen LogP contribution in [0.3, 0.4) is 0 Å². The van der Waals surface area contributed by atoms with Crippen LogP contribution in [-0.4, -0.2) is 16.8 Å². The van der Waals surface area contributed by atoms with Crippen molar-refractivity contribution in [3.63, 3.8) is 0 Å². The molecule has 1 rings (SSSR count). The molecule has 0 fully saturated rings. The van der Waals surface area contributed by atoms with Crippen molar-refractivity contribution in [3.05, 3.63) is 29.3 Å². The highest BCUT2D eigenvalue weighted by molar-refractivity contribution is 5.36. The number of benzene rings is 1. The third-order valence-corrected chi connectivity index (χ3v) is 2.68. The summed E-state index contributed by atoms with van der Waals surface area (Å²) in [4.78, 5) is 0. The van der Waals surface area contributed by atoms with E-state index in [1.54, 1.807) is 6.07 Å². The molecule has 1 aromatic rings. The zero-order valence-electron chi connectivity index (χ0n) is 9.11. The van der Waals surface area contributed by atoms with Gasteiger partial charge in [0.05, 0.1) is 6.61 Å². The highest BCUT2D eigenvalue weighted by atomic mass is 16.3. The van der Waals surface area contributed by atoms with E-state index in [2.05, 4.69) is 6.92 Å². The summed E-state index contributed by atoms with van der Waals surface area (Å²) in [5.41, 5.74) is 7.19. The quantitative estimate of drug-likeness (QED) is 0.691. The largest absolute Gasteiger partial charge is 0.508 e. The maximum absolute atomic E-state index is 9.41. The monoisotopic (exact) mass is 209 g/mol. The van der Waals surface area contributed by atoms with Gasteiger partial charge in [0.15, 0.2) is 0 Å². The maximum atomic E-state index is 9.41. The van der Waals surface area contributed by atoms with Gasteiger partial charge in [-0.05, 0) is 43.0 Å². The zero-order valence-corrected chi connectivity index (χ0v) is 9.11. The second kappa shape index (κ2) is 5.73. The first-order valence-corrected chi connectivity index (χ1v) is 5.31. The molecule has 0 aromatic heterocycles. The first-order valence-electron chi connectivity index (χ1n) is 5.31. The summed E-state index contributed by atoms with van der Waals surface area (Å²) in [6.45, 7) is 2.71. The van der Waals surface area contributed by atoms with Crippen molar-refractivity contribution in [2.24, 2.45) is 5.73 Å². The number of aliphatic hydroxyl groups excluding tert-OH is 1. The van der Waals surface area contributed by atoms with Crippen molar-refractivity contribution in [1.29, 1.82) is 0 Å². The molecule has 0 aliphatic rings. The van der Waals surface area contributed by atoms with Crippen molar-refractivity contribution in [2.45, 2.75) is 32.3 Å². The molecule has 0 bridgehead atoms. The van der Waals surface area contributed by atoms with Gasteiger partial charge in [0.1, 0.15) is 5.75 Å². The van der Waals surface area contributed by atoms with Crippen molar-refractivity contribution in [3.8, 4) is 5.75 Å². The Labute approximate surface area is 90.5 Å². The van der Waals surface area contributed by atoms with Crippen LogP contribution in [0.4, 0.5) is 0 Å². The molecular formula is C12H19NO2. The summed E-state index contributed by atoms with van der Waals surface area (Å²) in [6, 6.07) is 5.39. The fourth-order valence-corrected chi connectivity index (χ4v) is 1.63. The van der Waals surface area contributed by atoms with Gasteiger partial charge in [0.2, 0.25) is 0 Å². The van der Waals surface area contributed by atoms with Crippen LogP contribution < -0.4 is 5.73 Å². The molecule has 0 saturated carbocycles. The molecule has 4 N–H and O–H groups in total. The van der Waals surface area contributed by atoms with Gasteiger partial charge >= 0.3 is 0 Å². The standard InChI is InChI=1S/C12H19NO2/c1-9(3-2-6-13)10-4-5-12(15)11(7-10)8-14/h4-5,7,9,14-15H,2-3,6,8,13H2,1H3. The summed E-state index contributed by atoms with van der Waals surface area (Å²) in [6.07, 6.45) is 2.03. The van der Waals surface area contributed by atoms with Crippen LogP contribution in [-0.2, 0) is 6.61 Å². The zero-order chi connectivity index (χ0) is 11.3. The molecule has 0 heterocycles. The molecular weight excluding hydrogens is 190 g/mol. The van der Waals surface area contributed by atoms with E-state index in [1.807, 2.05) is 12.1 Å². The molecule has 0 radical (unpaired) electrons. The fourth-order valence-electron chi connectivity index (χ4n) is 1.63. The summed E-state index contributed by atoms with van der Waals surface area (Å²) < 4.78 is 0. The van der Waals surface area contributed by atoms with Crippen LogP contribution in [0.5, 0.6) is 5.75 Å². The Morgan fingerprint density at radius 2 is 2.13 bits per heavy atom. The maximum Gasteiger partial charge on any atom is 0.121 e. The van der Waals surface area contributed by atoms with E-state index in [-0.39, 0.29) is 12.4 Å². The highest BCUT2D eigenvalue weighted by Gasteiger charge is 2.07. The van der Waals surface area contributed by atoms with Crippen molar-refractivity contribution in [1.82, 2.24) is 0 Å². The summed E-state index contributed by atoms with van der Waals surface area (Å²) in [7, 11) is 0. The molecule has 0 aliphatic carbocycles. The lowest BCUT2D eigenvalue weighted by molar-refractivity contribution is 0.275. The number of rotatable bonds is 5. The number of phenols is 1. The van der Waals surface area contributed by atoms with Gasteiger partial charge in [0.25, 0.3) is 0 Å². The molecule has 1 aromatic carbocycles. The molecule has 1 unspecified atom stereocenters. The molecule has 3 nitrogen and oxygen atoms in total. The van der Waals surface area contributed by atoms with Crippen molar-refractivity contribution < 1.29 is 10.2 Å². The van der Waals surface area contributed by atoms with Gasteiger partial charge in [-0.15, -0.1) is 0 Å². The predicted octanol–water partition coefficient (Wildman–Crippen LogP) is 1.73. The van der Waals surface area contributed by atoms with E-state index in [9.17, 15) is 5.11 Å². The van der Waals surface area contributed by atoms with E-state index in [4.69, 9.17) is 10.8 Å². The average molecular weight is 209 g/mol. The van der Waals surface area contributed by atoms with Gasteiger partial charge in [-0.2, -0.15) is 0 Å². The Balaban J connectivity index is 2.76. The van der Waals surface area contributed by atoms with Crippen molar-refractivity contribution in [2.75, 3.05) is 6.54 Å². The fraction of sp³-hybridized carbons (Fsp3) is 0.500. The SMILES string of the molecule is CC(CCCN)c1ccc(O)c(CO)c1. The van der Waals surface area contributed by atoms with Gasteiger partial charge in [0, 0.05) is 5.56 Å². The predicted molar refractivity (Wildman–Crippen MR) is 60.7 cm³/mol. The molecule has 3 heteroatoms. The number of nitrogens with two attached hydrogens (primary N) is 1.